The summed E-state index contributed by atoms with van der Waals surface area (Å²) in [6, 6.07) is 5.59. The van der Waals surface area contributed by atoms with Gasteiger partial charge in [0.1, 0.15) is 5.75 Å². The van der Waals surface area contributed by atoms with Gasteiger partial charge in [-0.25, -0.2) is 14.8 Å². The van der Waals surface area contributed by atoms with Crippen molar-refractivity contribution in [2.75, 3.05) is 5.32 Å². The van der Waals surface area contributed by atoms with Crippen LogP contribution in [-0.2, 0) is 0 Å². The first kappa shape index (κ1) is 19.3. The van der Waals surface area contributed by atoms with Crippen LogP contribution < -0.4 is 21.5 Å². The number of ether oxygens (including phenoxy) is 1. The molecule has 5 rings (SSSR count). The Labute approximate surface area is 178 Å². The van der Waals surface area contributed by atoms with Gasteiger partial charge >= 0.3 is 6.09 Å². The topological polar surface area (TPSA) is 145 Å². The molecule has 158 valence electrons. The van der Waals surface area contributed by atoms with Crippen LogP contribution in [0.2, 0.25) is 0 Å². The van der Waals surface area contributed by atoms with Crippen molar-refractivity contribution in [3.8, 4) is 16.9 Å². The summed E-state index contributed by atoms with van der Waals surface area (Å²) in [5.74, 6) is 0.946. The molecule has 3 heterocycles. The summed E-state index contributed by atoms with van der Waals surface area (Å²) in [6.45, 7) is 0. The van der Waals surface area contributed by atoms with Crippen molar-refractivity contribution in [2.24, 2.45) is 11.5 Å². The highest BCUT2D eigenvalue weighted by Gasteiger charge is 2.22. The van der Waals surface area contributed by atoms with Crippen LogP contribution in [-0.4, -0.2) is 38.1 Å². The molecule has 31 heavy (non-hydrogen) atoms. The van der Waals surface area contributed by atoms with Gasteiger partial charge in [0, 0.05) is 70.4 Å². The van der Waals surface area contributed by atoms with Gasteiger partial charge in [-0.3, -0.25) is 4.98 Å². The molecule has 0 radical (unpaired) electrons. The fourth-order valence-corrected chi connectivity index (χ4v) is 4.23. The van der Waals surface area contributed by atoms with Gasteiger partial charge in [0.15, 0.2) is 0 Å². The second-order valence-electron chi connectivity index (χ2n) is 7.85. The first-order valence-electron chi connectivity index (χ1n) is 10.3. The number of amides is 1. The third-order valence-electron chi connectivity index (χ3n) is 5.79. The number of rotatable bonds is 4. The number of nitrogens with two attached hydrogens (primary N) is 2. The molecule has 0 bridgehead atoms. The number of aromatic amines is 1. The molecule has 2 atom stereocenters. The SMILES string of the molecule is NC(=O)Oc1ccc2c(-c3cncc4cnc(N[C@@H]5CCCC[C@@H]5N)nc34)c[nH]c2c1. The smallest absolute Gasteiger partial charge is 0.409 e. The first-order chi connectivity index (χ1) is 15.1. The lowest BCUT2D eigenvalue weighted by atomic mass is 9.91. The number of aromatic nitrogens is 4. The van der Waals surface area contributed by atoms with Gasteiger partial charge < -0.3 is 26.5 Å². The molecule has 1 aromatic carbocycles. The number of carbonyl (C=O) groups excluding carboxylic acids is 1. The number of hydrogen-bond donors (Lipinski definition) is 4. The molecule has 1 aliphatic carbocycles. The van der Waals surface area contributed by atoms with E-state index >= 15 is 0 Å². The number of H-pyrrole nitrogens is 1. The van der Waals surface area contributed by atoms with E-state index in [0.717, 1.165) is 52.2 Å². The fourth-order valence-electron chi connectivity index (χ4n) is 4.23. The number of nitrogens with zero attached hydrogens (tertiary/aromatic N) is 3. The van der Waals surface area contributed by atoms with E-state index < -0.39 is 6.09 Å². The molecule has 4 aromatic rings. The van der Waals surface area contributed by atoms with E-state index in [1.807, 2.05) is 12.3 Å². The molecular formula is C22H23N7O2. The average Bonchev–Trinajstić information content (AvgIpc) is 3.17. The molecule has 1 aliphatic rings. The standard InChI is InChI=1S/C22H23N7O2/c23-17-3-1-2-4-18(17)28-22-27-9-12-8-25-10-16(20(12)29-22)15-11-26-19-7-13(31-21(24)30)5-6-14(15)19/h5-11,17-18,26H,1-4,23H2,(H2,24,30)(H,27,28,29)/t17-,18+/m0/s1. The van der Waals surface area contributed by atoms with Gasteiger partial charge in [0.05, 0.1) is 5.52 Å². The van der Waals surface area contributed by atoms with Crippen molar-refractivity contribution in [3.05, 3.63) is 43.0 Å². The van der Waals surface area contributed by atoms with Crippen LogP contribution in [0.4, 0.5) is 10.7 Å². The Bertz CT molecular complexity index is 1270. The first-order valence-corrected chi connectivity index (χ1v) is 10.3. The summed E-state index contributed by atoms with van der Waals surface area (Å²) in [6.07, 6.45) is 10.7. The second kappa shape index (κ2) is 7.84. The number of pyridine rings is 1. The number of nitrogens with one attached hydrogen (secondary N) is 2. The fraction of sp³-hybridized carbons (Fsp3) is 0.273. The Hall–Kier alpha value is -3.72. The number of carbonyl (C=O) groups is 1. The van der Waals surface area contributed by atoms with Crippen molar-refractivity contribution in [2.45, 2.75) is 37.8 Å². The predicted molar refractivity (Wildman–Crippen MR) is 119 cm³/mol. The van der Waals surface area contributed by atoms with Crippen molar-refractivity contribution in [1.82, 2.24) is 19.9 Å². The molecular weight excluding hydrogens is 394 g/mol. The molecule has 1 amide bonds. The van der Waals surface area contributed by atoms with Crippen LogP contribution in [0.3, 0.4) is 0 Å². The van der Waals surface area contributed by atoms with E-state index in [-0.39, 0.29) is 12.1 Å². The Kier molecular flexibility index (Phi) is 4.87. The minimum atomic E-state index is -0.848. The molecule has 0 unspecified atom stereocenters. The van der Waals surface area contributed by atoms with Gasteiger partial charge in [0.25, 0.3) is 0 Å². The summed E-state index contributed by atoms with van der Waals surface area (Å²) in [5, 5.41) is 5.22. The zero-order valence-electron chi connectivity index (χ0n) is 16.8. The minimum absolute atomic E-state index is 0.107. The monoisotopic (exact) mass is 417 g/mol. The lowest BCUT2D eigenvalue weighted by molar-refractivity contribution is 0.211. The molecule has 0 spiro atoms. The molecule has 9 heteroatoms. The maximum absolute atomic E-state index is 11.0. The zero-order valence-corrected chi connectivity index (χ0v) is 16.8. The Morgan fingerprint density at radius 3 is 2.87 bits per heavy atom. The molecule has 0 saturated heterocycles. The van der Waals surface area contributed by atoms with Gasteiger partial charge in [0.2, 0.25) is 5.95 Å². The van der Waals surface area contributed by atoms with Crippen molar-refractivity contribution < 1.29 is 9.53 Å². The van der Waals surface area contributed by atoms with Gasteiger partial charge in [-0.15, -0.1) is 0 Å². The summed E-state index contributed by atoms with van der Waals surface area (Å²) in [7, 11) is 0. The maximum Gasteiger partial charge on any atom is 0.409 e. The van der Waals surface area contributed by atoms with Crippen LogP contribution in [0.25, 0.3) is 32.9 Å². The lowest BCUT2D eigenvalue weighted by Gasteiger charge is -2.29. The molecule has 3 aromatic heterocycles. The molecule has 1 saturated carbocycles. The number of anilines is 1. The van der Waals surface area contributed by atoms with Crippen molar-refractivity contribution >= 4 is 33.8 Å². The quantitative estimate of drug-likeness (QED) is 0.398. The van der Waals surface area contributed by atoms with Crippen LogP contribution in [0.1, 0.15) is 25.7 Å². The van der Waals surface area contributed by atoms with E-state index in [1.54, 1.807) is 30.7 Å². The number of hydrogen-bond acceptors (Lipinski definition) is 7. The third-order valence-corrected chi connectivity index (χ3v) is 5.79. The van der Waals surface area contributed by atoms with E-state index in [4.69, 9.17) is 21.2 Å². The number of fused-ring (bicyclic) bond motifs is 2. The minimum Gasteiger partial charge on any atom is -0.410 e. The summed E-state index contributed by atoms with van der Waals surface area (Å²) >= 11 is 0. The lowest BCUT2D eigenvalue weighted by Crippen LogP contribution is -2.42. The van der Waals surface area contributed by atoms with Gasteiger partial charge in [-0.05, 0) is 25.0 Å². The van der Waals surface area contributed by atoms with Crippen LogP contribution in [0.15, 0.2) is 43.0 Å². The van der Waals surface area contributed by atoms with Gasteiger partial charge in [-0.2, -0.15) is 0 Å². The van der Waals surface area contributed by atoms with Crippen LogP contribution in [0, 0.1) is 0 Å². The van der Waals surface area contributed by atoms with Crippen molar-refractivity contribution in [3.63, 3.8) is 0 Å². The Morgan fingerprint density at radius 2 is 2.03 bits per heavy atom. The molecule has 0 aliphatic heterocycles. The van der Waals surface area contributed by atoms with E-state index in [0.29, 0.717) is 11.7 Å². The van der Waals surface area contributed by atoms with Gasteiger partial charge in [-0.1, -0.05) is 12.8 Å². The second-order valence-corrected chi connectivity index (χ2v) is 7.85. The summed E-state index contributed by atoms with van der Waals surface area (Å²) in [4.78, 5) is 27.9. The van der Waals surface area contributed by atoms with Crippen LogP contribution >= 0.6 is 0 Å². The van der Waals surface area contributed by atoms with Crippen LogP contribution in [0.5, 0.6) is 5.75 Å². The Balaban J connectivity index is 1.54. The Morgan fingerprint density at radius 1 is 1.16 bits per heavy atom. The highest BCUT2D eigenvalue weighted by atomic mass is 16.5. The third kappa shape index (κ3) is 3.75. The molecule has 1 fully saturated rings. The maximum atomic E-state index is 11.0. The largest absolute Gasteiger partial charge is 0.410 e. The number of benzene rings is 1. The normalized spacial score (nSPS) is 18.9. The zero-order chi connectivity index (χ0) is 21.4. The highest BCUT2D eigenvalue weighted by Crippen LogP contribution is 2.34. The molecule has 6 N–H and O–H groups in total. The van der Waals surface area contributed by atoms with E-state index in [9.17, 15) is 4.79 Å². The highest BCUT2D eigenvalue weighted by molar-refractivity contribution is 6.03. The predicted octanol–water partition coefficient (Wildman–Crippen LogP) is 3.31. The number of primary amides is 1. The average molecular weight is 417 g/mol. The van der Waals surface area contributed by atoms with E-state index in [2.05, 4.69) is 20.3 Å². The molecule has 9 nitrogen and oxygen atoms in total. The summed E-state index contributed by atoms with van der Waals surface area (Å²) < 4.78 is 4.97. The van der Waals surface area contributed by atoms with E-state index in [1.165, 1.54) is 6.42 Å². The van der Waals surface area contributed by atoms with Crippen molar-refractivity contribution in [1.29, 1.82) is 0 Å². The summed E-state index contributed by atoms with van der Waals surface area (Å²) in [5.41, 5.74) is 14.8.